The Morgan fingerprint density at radius 1 is 0.602 bits per heavy atom. The Hall–Kier alpha value is -7.15. The van der Waals surface area contributed by atoms with Crippen molar-refractivity contribution in [3.8, 4) is 35.2 Å². The van der Waals surface area contributed by atoms with Crippen molar-refractivity contribution in [3.63, 3.8) is 0 Å². The maximum absolute atomic E-state index is 14.3. The second-order valence-electron chi connectivity index (χ2n) is 19.8. The Bertz CT molecular complexity index is 3870. The van der Waals surface area contributed by atoms with Crippen LogP contribution in [0.5, 0.6) is 11.5 Å². The van der Waals surface area contributed by atoms with Gasteiger partial charge in [0.15, 0.2) is 31.2 Å². The quantitative estimate of drug-likeness (QED) is 0.0531. The van der Waals surface area contributed by atoms with E-state index in [1.807, 2.05) is 7.05 Å². The summed E-state index contributed by atoms with van der Waals surface area (Å²) in [6.45, 7) is -2.49. The number of ether oxygens (including phenoxy) is 2. The number of sulfone groups is 3. The van der Waals surface area contributed by atoms with Gasteiger partial charge in [0.05, 0.1) is 73.9 Å². The third kappa shape index (κ3) is 16.6. The van der Waals surface area contributed by atoms with E-state index in [0.717, 1.165) is 83.8 Å². The number of likely N-dealkylation sites (tertiary alicyclic amines) is 1. The summed E-state index contributed by atoms with van der Waals surface area (Å²) in [6, 6.07) is 14.1. The number of aromatic nitrogens is 2. The van der Waals surface area contributed by atoms with Gasteiger partial charge in [-0.2, -0.15) is 26.3 Å². The SMILES string of the molecule is CN1CCC(Nc2cccc3c2cc(C#CCNc2ccc(S(=O)(=O)Cc4ccc5c(cc(C#CCNc6ccc(S(C)(=O)=O)cc6OC(F)(F)F)n5CC(F)(F)F)c4NC4CCS(=O)(=O)CC4)cc2OC(F)(F)F)n3CC(F)(F)F)CC1. The molecule has 30 heteroatoms. The van der Waals surface area contributed by atoms with Gasteiger partial charge in [-0.05, 0) is 118 Å². The maximum Gasteiger partial charge on any atom is 0.573 e. The summed E-state index contributed by atoms with van der Waals surface area (Å²) in [7, 11) is -10.3. The van der Waals surface area contributed by atoms with Gasteiger partial charge in [0, 0.05) is 52.6 Å². The van der Waals surface area contributed by atoms with Crippen LogP contribution in [-0.2, 0) is 48.4 Å². The first-order chi connectivity index (χ1) is 38.6. The largest absolute Gasteiger partial charge is 0.573 e. The fourth-order valence-electron chi connectivity index (χ4n) is 9.57. The van der Waals surface area contributed by atoms with E-state index in [2.05, 4.69) is 59.3 Å². The summed E-state index contributed by atoms with van der Waals surface area (Å²) in [6.07, 6.45) is -18.0. The topological polar surface area (TPSA) is 182 Å². The Kier molecular flexibility index (Phi) is 17.8. The predicted molar refractivity (Wildman–Crippen MR) is 286 cm³/mol. The van der Waals surface area contributed by atoms with Gasteiger partial charge in [-0.1, -0.05) is 24.0 Å². The van der Waals surface area contributed by atoms with Crippen molar-refractivity contribution in [2.75, 3.05) is 72.3 Å². The van der Waals surface area contributed by atoms with Crippen LogP contribution in [0, 0.1) is 23.7 Å². The van der Waals surface area contributed by atoms with E-state index < -0.39 is 125 Å². The summed E-state index contributed by atoms with van der Waals surface area (Å²) in [5.41, 5.74) is -0.808. The number of hydrogen-bond donors (Lipinski definition) is 4. The van der Waals surface area contributed by atoms with Crippen molar-refractivity contribution in [1.82, 2.24) is 14.0 Å². The molecular formula is C53H51F12N7O8S3. The lowest BCUT2D eigenvalue weighted by molar-refractivity contribution is -0.275. The van der Waals surface area contributed by atoms with Crippen molar-refractivity contribution in [2.45, 2.75) is 91.5 Å². The Labute approximate surface area is 468 Å². The van der Waals surface area contributed by atoms with Crippen LogP contribution in [0.15, 0.2) is 88.7 Å². The molecule has 15 nitrogen and oxygen atoms in total. The standard InChI is InChI=1S/C53H51F12N7O8S3/c1-70-22-16-34(17-23-70)68-42-8-3-9-45-40(42)26-36(71(45)31-50(54,55)56)6-4-20-67-44-14-12-39(29-48(44)80-53(63,64)65)83(77,78)30-33-10-15-46-41(49(33)69-35-18-24-82(75,76)25-19-35)27-37(72(46)32-51(57,58)59)7-5-21-66-43-13-11-38(81(2,73)74)28-47(43)79-52(60,61)62/h3,8-15,26-29,34-35,66-69H,16-25,30-32H2,1-2H3. The molecule has 2 fully saturated rings. The summed E-state index contributed by atoms with van der Waals surface area (Å²) in [5, 5.41) is 12.0. The van der Waals surface area contributed by atoms with Gasteiger partial charge in [-0.15, -0.1) is 26.3 Å². The molecule has 0 unspecified atom stereocenters. The molecule has 4 heterocycles. The van der Waals surface area contributed by atoms with Gasteiger partial charge in [0.2, 0.25) is 0 Å². The lowest BCUT2D eigenvalue weighted by Crippen LogP contribution is -2.36. The first kappa shape index (κ1) is 61.9. The van der Waals surface area contributed by atoms with E-state index in [1.54, 1.807) is 12.1 Å². The summed E-state index contributed by atoms with van der Waals surface area (Å²) in [4.78, 5) is 0.901. The zero-order valence-corrected chi connectivity index (χ0v) is 46.2. The van der Waals surface area contributed by atoms with Gasteiger partial charge in [-0.25, -0.2) is 25.3 Å². The van der Waals surface area contributed by atoms with Crippen molar-refractivity contribution >= 4 is 74.1 Å². The van der Waals surface area contributed by atoms with E-state index in [4.69, 9.17) is 0 Å². The normalized spacial score (nSPS) is 16.0. The number of fused-ring (bicyclic) bond motifs is 2. The highest BCUT2D eigenvalue weighted by Crippen LogP contribution is 2.39. The monoisotopic (exact) mass is 1240 g/mol. The summed E-state index contributed by atoms with van der Waals surface area (Å²) in [5.74, 6) is 6.66. The number of alkyl halides is 12. The first-order valence-corrected chi connectivity index (χ1v) is 30.5. The maximum atomic E-state index is 14.3. The number of hydrogen-bond acceptors (Lipinski definition) is 13. The second-order valence-corrected chi connectivity index (χ2v) is 26.1. The lowest BCUT2D eigenvalue weighted by atomic mass is 10.0. The molecule has 8 rings (SSSR count). The second kappa shape index (κ2) is 23.8. The van der Waals surface area contributed by atoms with Crippen LogP contribution in [0.2, 0.25) is 0 Å². The average Bonchev–Trinajstić information content (AvgIpc) is 4.15. The Morgan fingerprint density at radius 2 is 1.10 bits per heavy atom. The van der Waals surface area contributed by atoms with E-state index in [0.29, 0.717) is 23.2 Å². The number of halogens is 12. The zero-order valence-electron chi connectivity index (χ0n) is 43.7. The first-order valence-electron chi connectivity index (χ1n) is 25.1. The van der Waals surface area contributed by atoms with Crippen molar-refractivity contribution in [1.29, 1.82) is 0 Å². The van der Waals surface area contributed by atoms with Gasteiger partial charge >= 0.3 is 25.1 Å². The number of anilines is 4. The molecule has 0 saturated carbocycles. The van der Waals surface area contributed by atoms with Crippen molar-refractivity contribution in [2.24, 2.45) is 0 Å². The number of nitrogens with one attached hydrogen (secondary N) is 4. The zero-order chi connectivity index (χ0) is 60.5. The number of benzene rings is 4. The van der Waals surface area contributed by atoms with Crippen LogP contribution in [0.4, 0.5) is 75.4 Å². The van der Waals surface area contributed by atoms with Crippen LogP contribution in [0.25, 0.3) is 21.8 Å². The van der Waals surface area contributed by atoms with Crippen LogP contribution >= 0.6 is 0 Å². The molecular weight excluding hydrogens is 1190 g/mol. The minimum Gasteiger partial charge on any atom is -0.404 e. The van der Waals surface area contributed by atoms with Crippen molar-refractivity contribution in [3.05, 3.63) is 95.8 Å². The van der Waals surface area contributed by atoms with Gasteiger partial charge in [0.25, 0.3) is 0 Å². The highest BCUT2D eigenvalue weighted by Gasteiger charge is 2.36. The van der Waals surface area contributed by atoms with Crippen LogP contribution < -0.4 is 30.7 Å². The predicted octanol–water partition coefficient (Wildman–Crippen LogP) is 10.3. The molecule has 0 spiro atoms. The van der Waals surface area contributed by atoms with Crippen LogP contribution in [0.3, 0.4) is 0 Å². The molecule has 0 radical (unpaired) electrons. The fraction of sp³-hybridized carbons (Fsp3) is 0.396. The summed E-state index contributed by atoms with van der Waals surface area (Å²) < 4.78 is 254. The Morgan fingerprint density at radius 3 is 1.61 bits per heavy atom. The average molecular weight is 1240 g/mol. The number of nitrogens with zero attached hydrogens (tertiary/aromatic N) is 3. The lowest BCUT2D eigenvalue weighted by Gasteiger charge is -2.30. The summed E-state index contributed by atoms with van der Waals surface area (Å²) >= 11 is 0. The van der Waals surface area contributed by atoms with E-state index in [1.165, 1.54) is 12.1 Å². The van der Waals surface area contributed by atoms with Crippen molar-refractivity contribution < 1.29 is 87.4 Å². The van der Waals surface area contributed by atoms with Gasteiger partial charge in [-0.3, -0.25) is 0 Å². The third-order valence-corrected chi connectivity index (χ3v) is 17.9. The fourth-order valence-corrected chi connectivity index (χ4v) is 13.1. The van der Waals surface area contributed by atoms with E-state index >= 15 is 0 Å². The number of piperidine rings is 1. The highest BCUT2D eigenvalue weighted by atomic mass is 32.2. The smallest absolute Gasteiger partial charge is 0.404 e. The molecule has 4 aromatic carbocycles. The van der Waals surface area contributed by atoms with Crippen LogP contribution in [0.1, 0.15) is 42.6 Å². The molecule has 0 aliphatic carbocycles. The Balaban J connectivity index is 1.10. The van der Waals surface area contributed by atoms with E-state index in [-0.39, 0.29) is 69.4 Å². The van der Waals surface area contributed by atoms with Gasteiger partial charge < -0.3 is 44.8 Å². The third-order valence-electron chi connectivity index (χ3n) is 13.4. The molecule has 0 amide bonds. The molecule has 0 bridgehead atoms. The van der Waals surface area contributed by atoms with E-state index in [9.17, 15) is 77.9 Å². The molecule has 4 N–H and O–H groups in total. The highest BCUT2D eigenvalue weighted by molar-refractivity contribution is 7.91. The van der Waals surface area contributed by atoms with Crippen LogP contribution in [-0.4, -0.2) is 127 Å². The molecule has 6 aromatic rings. The minimum absolute atomic E-state index is 0.0249. The molecule has 2 aromatic heterocycles. The molecule has 2 aliphatic rings. The molecule has 2 saturated heterocycles. The molecule has 448 valence electrons. The molecule has 2 aliphatic heterocycles. The number of rotatable bonds is 16. The minimum atomic E-state index is -5.39. The molecule has 83 heavy (non-hydrogen) atoms. The molecule has 0 atom stereocenters. The van der Waals surface area contributed by atoms with Gasteiger partial charge in [0.1, 0.15) is 22.9 Å².